The van der Waals surface area contributed by atoms with Crippen molar-refractivity contribution in [2.75, 3.05) is 36.0 Å². The largest absolute Gasteiger partial charge is 0.325 e. The van der Waals surface area contributed by atoms with Crippen LogP contribution in [0.2, 0.25) is 0 Å². The van der Waals surface area contributed by atoms with Crippen LogP contribution < -0.4 is 10.6 Å². The van der Waals surface area contributed by atoms with Gasteiger partial charge in [0.25, 0.3) is 0 Å². The Balaban J connectivity index is 1.45. The molecule has 1 saturated heterocycles. The second-order valence-corrected chi connectivity index (χ2v) is 8.47. The predicted octanol–water partition coefficient (Wildman–Crippen LogP) is 3.99. The molecule has 0 radical (unpaired) electrons. The topological polar surface area (TPSA) is 70.1 Å². The number of anilines is 2. The summed E-state index contributed by atoms with van der Waals surface area (Å²) < 4.78 is 0.890. The van der Waals surface area contributed by atoms with E-state index in [-0.39, 0.29) is 6.03 Å². The summed E-state index contributed by atoms with van der Waals surface area (Å²) in [6, 6.07) is 5.54. The van der Waals surface area contributed by atoms with Crippen molar-refractivity contribution in [1.82, 2.24) is 15.1 Å². The van der Waals surface area contributed by atoms with E-state index < -0.39 is 0 Å². The number of benzene rings is 1. The number of amides is 2. The number of hydrogen-bond donors (Lipinski definition) is 2. The zero-order chi connectivity index (χ0) is 17.6. The number of rotatable bonds is 6. The lowest BCUT2D eigenvalue weighted by atomic mass is 10.1. The van der Waals surface area contributed by atoms with Gasteiger partial charge in [0.15, 0.2) is 4.34 Å². The first-order valence-electron chi connectivity index (χ1n) is 8.44. The fourth-order valence-electron chi connectivity index (χ4n) is 2.67. The van der Waals surface area contributed by atoms with Crippen LogP contribution in [0, 0.1) is 13.8 Å². The minimum Gasteiger partial charge on any atom is -0.308 e. The van der Waals surface area contributed by atoms with Crippen LogP contribution in [-0.2, 0) is 0 Å². The van der Waals surface area contributed by atoms with E-state index in [2.05, 4.69) is 25.7 Å². The Bertz CT molecular complexity index is 728. The van der Waals surface area contributed by atoms with Crippen molar-refractivity contribution in [3.8, 4) is 0 Å². The maximum atomic E-state index is 12.1. The van der Waals surface area contributed by atoms with Crippen LogP contribution in [-0.4, -0.2) is 46.5 Å². The van der Waals surface area contributed by atoms with Gasteiger partial charge >= 0.3 is 6.03 Å². The van der Waals surface area contributed by atoms with Crippen LogP contribution in [0.5, 0.6) is 0 Å². The van der Waals surface area contributed by atoms with E-state index in [0.717, 1.165) is 27.9 Å². The summed E-state index contributed by atoms with van der Waals surface area (Å²) in [6.45, 7) is 7.57. The molecule has 1 aliphatic rings. The number of nitrogens with zero attached hydrogens (tertiary/aromatic N) is 3. The quantitative estimate of drug-likeness (QED) is 0.588. The predicted molar refractivity (Wildman–Crippen MR) is 105 cm³/mol. The Morgan fingerprint density at radius 3 is 2.76 bits per heavy atom. The molecule has 1 aromatic carbocycles. The van der Waals surface area contributed by atoms with Gasteiger partial charge < -0.3 is 10.2 Å². The molecule has 3 rings (SSSR count). The number of hydrogen-bond acceptors (Lipinski definition) is 6. The highest BCUT2D eigenvalue weighted by Gasteiger charge is 2.12. The average Bonchev–Trinajstić information content (AvgIpc) is 3.23. The smallest absolute Gasteiger partial charge is 0.308 e. The van der Waals surface area contributed by atoms with Gasteiger partial charge in [-0.25, -0.2) is 4.79 Å². The fourth-order valence-corrected chi connectivity index (χ4v) is 4.48. The number of nitrogens with one attached hydrogen (secondary N) is 2. The third kappa shape index (κ3) is 5.42. The van der Waals surface area contributed by atoms with Crippen molar-refractivity contribution in [2.45, 2.75) is 31.0 Å². The van der Waals surface area contributed by atoms with Gasteiger partial charge in [0.1, 0.15) is 0 Å². The van der Waals surface area contributed by atoms with E-state index in [1.54, 1.807) is 11.8 Å². The summed E-state index contributed by atoms with van der Waals surface area (Å²) in [4.78, 5) is 14.6. The minimum atomic E-state index is -0.298. The lowest BCUT2D eigenvalue weighted by molar-refractivity contribution is 0.262. The maximum Gasteiger partial charge on any atom is 0.325 e. The van der Waals surface area contributed by atoms with Crippen LogP contribution in [0.1, 0.15) is 24.0 Å². The summed E-state index contributed by atoms with van der Waals surface area (Å²) >= 11 is 3.10. The molecule has 134 valence electrons. The first kappa shape index (κ1) is 18.2. The van der Waals surface area contributed by atoms with Gasteiger partial charge in [-0.05, 0) is 63.0 Å². The van der Waals surface area contributed by atoms with E-state index in [4.69, 9.17) is 0 Å². The van der Waals surface area contributed by atoms with Gasteiger partial charge in [0.2, 0.25) is 5.13 Å². The van der Waals surface area contributed by atoms with Gasteiger partial charge in [-0.15, -0.1) is 10.2 Å². The van der Waals surface area contributed by atoms with Gasteiger partial charge in [-0.2, -0.15) is 0 Å². The zero-order valence-electron chi connectivity index (χ0n) is 14.5. The van der Waals surface area contributed by atoms with Crippen molar-refractivity contribution in [3.05, 3.63) is 29.3 Å². The molecule has 0 atom stereocenters. The normalized spacial score (nSPS) is 14.6. The molecule has 6 nitrogen and oxygen atoms in total. The second kappa shape index (κ2) is 8.64. The molecule has 1 aliphatic heterocycles. The van der Waals surface area contributed by atoms with Crippen molar-refractivity contribution >= 4 is 39.9 Å². The molecular formula is C17H23N5OS2. The molecule has 2 amide bonds. The molecule has 0 unspecified atom stereocenters. The number of aryl methyl sites for hydroxylation is 2. The Morgan fingerprint density at radius 1 is 1.20 bits per heavy atom. The first-order valence-corrected chi connectivity index (χ1v) is 10.2. The van der Waals surface area contributed by atoms with Gasteiger partial charge in [-0.1, -0.05) is 29.2 Å². The number of thioether (sulfide) groups is 1. The van der Waals surface area contributed by atoms with Crippen molar-refractivity contribution < 1.29 is 4.79 Å². The summed E-state index contributed by atoms with van der Waals surface area (Å²) in [5.41, 5.74) is 3.11. The summed E-state index contributed by atoms with van der Waals surface area (Å²) in [5, 5.41) is 14.3. The zero-order valence-corrected chi connectivity index (χ0v) is 16.2. The summed E-state index contributed by atoms with van der Waals surface area (Å²) in [7, 11) is 0. The van der Waals surface area contributed by atoms with Crippen LogP contribution in [0.4, 0.5) is 15.6 Å². The first-order chi connectivity index (χ1) is 12.1. The highest BCUT2D eigenvalue weighted by molar-refractivity contribution is 8.01. The highest BCUT2D eigenvalue weighted by atomic mass is 32.2. The number of aromatic nitrogens is 2. The van der Waals surface area contributed by atoms with Crippen molar-refractivity contribution in [3.63, 3.8) is 0 Å². The third-order valence-electron chi connectivity index (χ3n) is 4.22. The molecule has 1 aromatic heterocycles. The Morgan fingerprint density at radius 2 is 2.00 bits per heavy atom. The van der Waals surface area contributed by atoms with Crippen LogP contribution in [0.15, 0.2) is 22.5 Å². The van der Waals surface area contributed by atoms with Crippen LogP contribution >= 0.6 is 23.1 Å². The lowest BCUT2D eigenvalue weighted by Crippen LogP contribution is -2.21. The van der Waals surface area contributed by atoms with Gasteiger partial charge in [0, 0.05) is 18.0 Å². The molecular weight excluding hydrogens is 354 g/mol. The molecule has 25 heavy (non-hydrogen) atoms. The van der Waals surface area contributed by atoms with Gasteiger partial charge in [0.05, 0.1) is 0 Å². The Hall–Kier alpha value is -1.64. The molecule has 0 saturated carbocycles. The van der Waals surface area contributed by atoms with E-state index in [0.29, 0.717) is 5.13 Å². The van der Waals surface area contributed by atoms with Crippen LogP contribution in [0.25, 0.3) is 0 Å². The molecule has 2 aromatic rings. The number of carbonyl (C=O) groups excluding carboxylic acids is 1. The van der Waals surface area contributed by atoms with E-state index >= 15 is 0 Å². The summed E-state index contributed by atoms with van der Waals surface area (Å²) in [5.74, 6) is 1.00. The van der Waals surface area contributed by atoms with E-state index in [1.807, 2.05) is 32.0 Å². The Labute approximate surface area is 156 Å². The second-order valence-electron chi connectivity index (χ2n) is 6.15. The van der Waals surface area contributed by atoms with E-state index in [9.17, 15) is 4.79 Å². The third-order valence-corrected chi connectivity index (χ3v) is 6.18. The number of carbonyl (C=O) groups is 1. The van der Waals surface area contributed by atoms with E-state index in [1.165, 1.54) is 42.8 Å². The van der Waals surface area contributed by atoms with Gasteiger partial charge in [-0.3, -0.25) is 5.32 Å². The number of urea groups is 1. The van der Waals surface area contributed by atoms with Crippen molar-refractivity contribution in [1.29, 1.82) is 0 Å². The molecule has 0 aliphatic carbocycles. The average molecular weight is 378 g/mol. The monoisotopic (exact) mass is 377 g/mol. The highest BCUT2D eigenvalue weighted by Crippen LogP contribution is 2.26. The molecule has 0 spiro atoms. The number of likely N-dealkylation sites (tertiary alicyclic amines) is 1. The van der Waals surface area contributed by atoms with Crippen molar-refractivity contribution in [2.24, 2.45) is 0 Å². The molecule has 0 bridgehead atoms. The SMILES string of the molecule is Cc1ccc(NC(=O)Nc2nnc(SCCN3CCCC3)s2)cc1C. The maximum absolute atomic E-state index is 12.1. The van der Waals surface area contributed by atoms with Crippen LogP contribution in [0.3, 0.4) is 0 Å². The summed E-state index contributed by atoms with van der Waals surface area (Å²) in [6.07, 6.45) is 2.63. The molecule has 8 heteroatoms. The minimum absolute atomic E-state index is 0.298. The molecule has 1 fully saturated rings. The molecule has 2 N–H and O–H groups in total. The molecule has 2 heterocycles. The standard InChI is InChI=1S/C17H23N5OS2/c1-12-5-6-14(11-13(12)2)18-15(23)19-16-20-21-17(25-16)24-10-9-22-7-3-4-8-22/h5-6,11H,3-4,7-10H2,1-2H3,(H2,18,19,20,23). The Kier molecular flexibility index (Phi) is 6.28. The fraction of sp³-hybridized carbons (Fsp3) is 0.471. The lowest BCUT2D eigenvalue weighted by Gasteiger charge is -2.12.